The Bertz CT molecular complexity index is 928. The molecule has 1 unspecified atom stereocenters. The number of hydrogen-bond acceptors (Lipinski definition) is 5. The monoisotopic (exact) mass is 381 g/mol. The molecule has 1 N–H and O–H groups in total. The molecule has 0 spiro atoms. The van der Waals surface area contributed by atoms with Crippen molar-refractivity contribution in [1.82, 2.24) is 10.3 Å². The Morgan fingerprint density at radius 3 is 2.82 bits per heavy atom. The number of rotatable bonds is 4. The highest BCUT2D eigenvalue weighted by atomic mass is 16.5. The zero-order valence-corrected chi connectivity index (χ0v) is 16.2. The van der Waals surface area contributed by atoms with Crippen molar-refractivity contribution in [3.63, 3.8) is 0 Å². The van der Waals surface area contributed by atoms with Crippen LogP contribution in [0.4, 0.5) is 10.5 Å². The van der Waals surface area contributed by atoms with Crippen LogP contribution in [0.2, 0.25) is 0 Å². The number of aromatic nitrogens is 1. The van der Waals surface area contributed by atoms with Crippen molar-refractivity contribution < 1.29 is 19.1 Å². The Kier molecular flexibility index (Phi) is 4.45. The van der Waals surface area contributed by atoms with Crippen molar-refractivity contribution in [2.75, 3.05) is 11.5 Å². The van der Waals surface area contributed by atoms with E-state index in [9.17, 15) is 9.59 Å². The molecule has 28 heavy (non-hydrogen) atoms. The largest absolute Gasteiger partial charge is 0.493 e. The maximum Gasteiger partial charge on any atom is 0.329 e. The molecule has 2 atom stereocenters. The number of hydrogen-bond donors (Lipinski definition) is 1. The zero-order valence-electron chi connectivity index (χ0n) is 16.2. The summed E-state index contributed by atoms with van der Waals surface area (Å²) in [6.07, 6.45) is 2.87. The van der Waals surface area contributed by atoms with Crippen molar-refractivity contribution in [2.24, 2.45) is 5.92 Å². The molecule has 1 aromatic carbocycles. The van der Waals surface area contributed by atoms with Crippen molar-refractivity contribution in [1.29, 1.82) is 0 Å². The summed E-state index contributed by atoms with van der Waals surface area (Å²) >= 11 is 0. The fourth-order valence-electron chi connectivity index (χ4n) is 3.45. The van der Waals surface area contributed by atoms with Crippen LogP contribution < -0.4 is 19.7 Å². The minimum atomic E-state index is -0.883. The number of pyridine rings is 1. The van der Waals surface area contributed by atoms with Gasteiger partial charge in [-0.3, -0.25) is 4.79 Å². The van der Waals surface area contributed by atoms with Crippen LogP contribution in [0.25, 0.3) is 0 Å². The van der Waals surface area contributed by atoms with Crippen LogP contribution in [0.5, 0.6) is 17.4 Å². The molecule has 2 aliphatic rings. The molecule has 2 aromatic rings. The lowest BCUT2D eigenvalue weighted by molar-refractivity contribution is -0.121. The zero-order chi connectivity index (χ0) is 19.9. The average Bonchev–Trinajstić information content (AvgIpc) is 2.92. The molecule has 4 rings (SSSR count). The predicted octanol–water partition coefficient (Wildman–Crippen LogP) is 3.67. The van der Waals surface area contributed by atoms with Crippen LogP contribution in [-0.2, 0) is 11.2 Å². The third-order valence-corrected chi connectivity index (χ3v) is 5.33. The summed E-state index contributed by atoms with van der Waals surface area (Å²) in [5, 5.41) is 2.74. The van der Waals surface area contributed by atoms with Gasteiger partial charge in [-0.2, -0.15) is 0 Å². The average molecular weight is 381 g/mol. The molecule has 0 saturated carbocycles. The summed E-state index contributed by atoms with van der Waals surface area (Å²) in [5.41, 5.74) is 0.561. The molecule has 3 amide bonds. The van der Waals surface area contributed by atoms with E-state index in [0.717, 1.165) is 22.6 Å². The number of amides is 3. The van der Waals surface area contributed by atoms with Crippen LogP contribution in [0, 0.1) is 5.92 Å². The Morgan fingerprint density at radius 2 is 2.14 bits per heavy atom. The lowest BCUT2D eigenvalue weighted by Crippen LogP contribution is -2.43. The molecule has 7 nitrogen and oxygen atoms in total. The number of nitrogens with one attached hydrogen (secondary N) is 1. The lowest BCUT2D eigenvalue weighted by Gasteiger charge is -2.24. The first-order chi connectivity index (χ1) is 13.4. The van der Waals surface area contributed by atoms with Gasteiger partial charge in [0, 0.05) is 11.6 Å². The molecule has 146 valence electrons. The molecular formula is C21H23N3O4. The quantitative estimate of drug-likeness (QED) is 0.818. The van der Waals surface area contributed by atoms with Crippen molar-refractivity contribution in [3.05, 3.63) is 42.1 Å². The van der Waals surface area contributed by atoms with E-state index < -0.39 is 11.6 Å². The van der Waals surface area contributed by atoms with E-state index >= 15 is 0 Å². The second kappa shape index (κ2) is 6.82. The molecule has 0 bridgehead atoms. The number of imide groups is 1. The van der Waals surface area contributed by atoms with Gasteiger partial charge in [0.15, 0.2) is 0 Å². The topological polar surface area (TPSA) is 80.8 Å². The van der Waals surface area contributed by atoms with E-state index in [-0.39, 0.29) is 5.91 Å². The van der Waals surface area contributed by atoms with Gasteiger partial charge in [-0.1, -0.05) is 19.9 Å². The molecule has 2 aliphatic heterocycles. The van der Waals surface area contributed by atoms with E-state index in [4.69, 9.17) is 9.47 Å². The van der Waals surface area contributed by atoms with Gasteiger partial charge in [-0.25, -0.2) is 14.7 Å². The van der Waals surface area contributed by atoms with Gasteiger partial charge in [0.25, 0.3) is 5.91 Å². The number of urea groups is 1. The van der Waals surface area contributed by atoms with Gasteiger partial charge in [-0.15, -0.1) is 0 Å². The van der Waals surface area contributed by atoms with Gasteiger partial charge < -0.3 is 14.8 Å². The number of ether oxygens (including phenoxy) is 2. The SMILES string of the molecule is CC[C@@]1(C)NC(=O)N(c2ccc(Oc3cccc4c3CC(C)CO4)nc2)C1=O. The Hall–Kier alpha value is -3.09. The predicted molar refractivity (Wildman–Crippen MR) is 104 cm³/mol. The Balaban J connectivity index is 1.56. The maximum atomic E-state index is 12.6. The smallest absolute Gasteiger partial charge is 0.329 e. The van der Waals surface area contributed by atoms with Gasteiger partial charge in [0.1, 0.15) is 17.0 Å². The molecular weight excluding hydrogens is 358 g/mol. The Labute approximate surface area is 163 Å². The number of fused-ring (bicyclic) bond motifs is 1. The second-order valence-electron chi connectivity index (χ2n) is 7.57. The molecule has 1 saturated heterocycles. The van der Waals surface area contributed by atoms with Gasteiger partial charge >= 0.3 is 6.03 Å². The van der Waals surface area contributed by atoms with Crippen LogP contribution in [0.1, 0.15) is 32.8 Å². The van der Waals surface area contributed by atoms with E-state index in [2.05, 4.69) is 17.2 Å². The summed E-state index contributed by atoms with van der Waals surface area (Å²) in [6.45, 7) is 6.42. The molecule has 1 fully saturated rings. The first-order valence-electron chi connectivity index (χ1n) is 9.46. The normalized spacial score (nSPS) is 23.8. The third kappa shape index (κ3) is 3.06. The number of benzene rings is 1. The van der Waals surface area contributed by atoms with E-state index in [1.165, 1.54) is 6.20 Å². The van der Waals surface area contributed by atoms with E-state index in [0.29, 0.717) is 36.3 Å². The van der Waals surface area contributed by atoms with Crippen LogP contribution in [0.15, 0.2) is 36.5 Å². The fourth-order valence-corrected chi connectivity index (χ4v) is 3.45. The summed E-state index contributed by atoms with van der Waals surface area (Å²) in [7, 11) is 0. The number of anilines is 1. The summed E-state index contributed by atoms with van der Waals surface area (Å²) in [6, 6.07) is 8.59. The van der Waals surface area contributed by atoms with Gasteiger partial charge in [0.2, 0.25) is 5.88 Å². The molecule has 7 heteroatoms. The van der Waals surface area contributed by atoms with E-state index in [1.807, 2.05) is 25.1 Å². The highest BCUT2D eigenvalue weighted by Crippen LogP contribution is 2.36. The molecule has 1 aromatic heterocycles. The lowest BCUT2D eigenvalue weighted by atomic mass is 9.98. The Morgan fingerprint density at radius 1 is 1.32 bits per heavy atom. The van der Waals surface area contributed by atoms with Crippen molar-refractivity contribution >= 4 is 17.6 Å². The first kappa shape index (κ1) is 18.3. The van der Waals surface area contributed by atoms with Crippen LogP contribution >= 0.6 is 0 Å². The minimum Gasteiger partial charge on any atom is -0.493 e. The van der Waals surface area contributed by atoms with Crippen molar-refractivity contribution in [3.8, 4) is 17.4 Å². The number of carbonyl (C=O) groups excluding carboxylic acids is 2. The van der Waals surface area contributed by atoms with Gasteiger partial charge in [0.05, 0.1) is 18.5 Å². The highest BCUT2D eigenvalue weighted by molar-refractivity contribution is 6.23. The standard InChI is InChI=1S/C21H23N3O4/c1-4-21(3)19(25)24(20(26)23-21)14-8-9-18(22-11-14)28-17-7-5-6-16-15(17)10-13(2)12-27-16/h5-9,11,13H,4,10,12H2,1-3H3,(H,23,26)/t13?,21-/m1/s1. The van der Waals surface area contributed by atoms with Crippen molar-refractivity contribution in [2.45, 2.75) is 39.2 Å². The third-order valence-electron chi connectivity index (χ3n) is 5.33. The molecule has 0 radical (unpaired) electrons. The first-order valence-corrected chi connectivity index (χ1v) is 9.46. The number of carbonyl (C=O) groups is 2. The maximum absolute atomic E-state index is 12.6. The molecule has 0 aliphatic carbocycles. The molecule has 3 heterocycles. The minimum absolute atomic E-state index is 0.279. The summed E-state index contributed by atoms with van der Waals surface area (Å²) in [4.78, 5) is 30.3. The van der Waals surface area contributed by atoms with E-state index in [1.54, 1.807) is 19.1 Å². The fraction of sp³-hybridized carbons (Fsp3) is 0.381. The summed E-state index contributed by atoms with van der Waals surface area (Å²) < 4.78 is 11.7. The summed E-state index contributed by atoms with van der Waals surface area (Å²) in [5.74, 6) is 2.07. The number of nitrogens with zero attached hydrogens (tertiary/aromatic N) is 2. The van der Waals surface area contributed by atoms with Crippen LogP contribution in [-0.4, -0.2) is 29.1 Å². The highest BCUT2D eigenvalue weighted by Gasteiger charge is 2.47. The van der Waals surface area contributed by atoms with Gasteiger partial charge in [-0.05, 0) is 43.9 Å². The second-order valence-corrected chi connectivity index (χ2v) is 7.57. The van der Waals surface area contributed by atoms with Crippen LogP contribution in [0.3, 0.4) is 0 Å².